The summed E-state index contributed by atoms with van der Waals surface area (Å²) in [6.45, 7) is 3.19. The molecular weight excluding hydrogens is 376 g/mol. The summed E-state index contributed by atoms with van der Waals surface area (Å²) in [4.78, 5) is 16.8. The molecule has 2 heterocycles. The topological polar surface area (TPSA) is 50.6 Å². The first-order chi connectivity index (χ1) is 14.5. The van der Waals surface area contributed by atoms with Crippen molar-refractivity contribution in [3.05, 3.63) is 82.7 Å². The van der Waals surface area contributed by atoms with Crippen molar-refractivity contribution in [1.29, 1.82) is 0 Å². The van der Waals surface area contributed by atoms with E-state index in [0.29, 0.717) is 12.2 Å². The van der Waals surface area contributed by atoms with E-state index in [1.165, 1.54) is 16.8 Å². The Labute approximate surface area is 177 Å². The lowest BCUT2D eigenvalue weighted by Crippen LogP contribution is -2.32. The lowest BCUT2D eigenvalue weighted by molar-refractivity contribution is 0.0818. The highest BCUT2D eigenvalue weighted by Crippen LogP contribution is 2.26. The molecule has 0 saturated carbocycles. The van der Waals surface area contributed by atoms with Crippen LogP contribution >= 0.6 is 0 Å². The molecule has 0 spiro atoms. The fourth-order valence-corrected chi connectivity index (χ4v) is 3.94. The van der Waals surface area contributed by atoms with Gasteiger partial charge in [-0.25, -0.2) is 0 Å². The van der Waals surface area contributed by atoms with Crippen molar-refractivity contribution < 1.29 is 9.53 Å². The lowest BCUT2D eigenvalue weighted by atomic mass is 10.0. The molecule has 0 fully saturated rings. The Morgan fingerprint density at radius 3 is 2.40 bits per heavy atom. The van der Waals surface area contributed by atoms with Crippen molar-refractivity contribution in [2.24, 2.45) is 0 Å². The Morgan fingerprint density at radius 1 is 1.03 bits per heavy atom. The molecule has 3 aromatic rings. The van der Waals surface area contributed by atoms with Crippen molar-refractivity contribution in [3.8, 4) is 5.75 Å². The number of hydrogen-bond donors (Lipinski definition) is 0. The first-order valence-corrected chi connectivity index (χ1v) is 10.2. The SMILES string of the molecule is COc1ccc(CN2CCc3c(c(C(=O)N(C)C)nn3Cc3ccccc3)C2)cc1. The van der Waals surface area contributed by atoms with Crippen molar-refractivity contribution in [1.82, 2.24) is 19.6 Å². The molecule has 0 N–H and O–H groups in total. The van der Waals surface area contributed by atoms with Gasteiger partial charge in [0.1, 0.15) is 5.75 Å². The van der Waals surface area contributed by atoms with Gasteiger partial charge in [-0.15, -0.1) is 0 Å². The van der Waals surface area contributed by atoms with Gasteiger partial charge in [0.05, 0.1) is 13.7 Å². The zero-order valence-electron chi connectivity index (χ0n) is 17.8. The third-order valence-electron chi connectivity index (χ3n) is 5.56. The van der Waals surface area contributed by atoms with Gasteiger partial charge in [-0.3, -0.25) is 14.4 Å². The van der Waals surface area contributed by atoms with Crippen molar-refractivity contribution in [3.63, 3.8) is 0 Å². The van der Waals surface area contributed by atoms with E-state index in [4.69, 9.17) is 9.84 Å². The van der Waals surface area contributed by atoms with Crippen LogP contribution in [-0.2, 0) is 26.1 Å². The second kappa shape index (κ2) is 8.71. The average molecular weight is 405 g/mol. The quantitative estimate of drug-likeness (QED) is 0.633. The summed E-state index contributed by atoms with van der Waals surface area (Å²) in [6, 6.07) is 18.5. The zero-order chi connectivity index (χ0) is 21.1. The Kier molecular flexibility index (Phi) is 5.86. The van der Waals surface area contributed by atoms with Gasteiger partial charge in [0, 0.05) is 51.4 Å². The van der Waals surface area contributed by atoms with E-state index in [1.807, 2.05) is 35.0 Å². The molecule has 6 nitrogen and oxygen atoms in total. The minimum Gasteiger partial charge on any atom is -0.497 e. The summed E-state index contributed by atoms with van der Waals surface area (Å²) in [5.41, 5.74) is 5.23. The summed E-state index contributed by atoms with van der Waals surface area (Å²) in [5, 5.41) is 4.75. The fourth-order valence-electron chi connectivity index (χ4n) is 3.94. The Hall–Kier alpha value is -3.12. The van der Waals surface area contributed by atoms with Gasteiger partial charge in [-0.1, -0.05) is 42.5 Å². The molecule has 0 radical (unpaired) electrons. The summed E-state index contributed by atoms with van der Waals surface area (Å²) < 4.78 is 7.27. The number of methoxy groups -OCH3 is 1. The largest absolute Gasteiger partial charge is 0.497 e. The maximum atomic E-state index is 12.8. The maximum Gasteiger partial charge on any atom is 0.274 e. The Bertz CT molecular complexity index is 1010. The van der Waals surface area contributed by atoms with Crippen LogP contribution in [0.4, 0.5) is 0 Å². The summed E-state index contributed by atoms with van der Waals surface area (Å²) in [5.74, 6) is 0.824. The molecule has 1 aliphatic heterocycles. The van der Waals surface area contributed by atoms with Crippen molar-refractivity contribution in [2.45, 2.75) is 26.1 Å². The number of amides is 1. The minimum atomic E-state index is -0.0376. The molecule has 156 valence electrons. The number of carbonyl (C=O) groups excluding carboxylic acids is 1. The normalized spacial score (nSPS) is 13.7. The second-order valence-corrected chi connectivity index (χ2v) is 7.93. The number of rotatable bonds is 6. The molecule has 2 aromatic carbocycles. The number of nitrogens with zero attached hydrogens (tertiary/aromatic N) is 4. The minimum absolute atomic E-state index is 0.0376. The van der Waals surface area contributed by atoms with Crippen LogP contribution in [0.2, 0.25) is 0 Å². The van der Waals surface area contributed by atoms with Crippen molar-refractivity contribution in [2.75, 3.05) is 27.7 Å². The number of benzene rings is 2. The summed E-state index contributed by atoms with van der Waals surface area (Å²) in [6.07, 6.45) is 0.881. The molecule has 1 aliphatic rings. The van der Waals surface area contributed by atoms with Crippen LogP contribution in [0.5, 0.6) is 5.75 Å². The second-order valence-electron chi connectivity index (χ2n) is 7.93. The average Bonchev–Trinajstić information content (AvgIpc) is 3.12. The molecular formula is C24H28N4O2. The predicted molar refractivity (Wildman–Crippen MR) is 117 cm³/mol. The van der Waals surface area contributed by atoms with Crippen LogP contribution in [0.25, 0.3) is 0 Å². The molecule has 0 unspecified atom stereocenters. The van der Waals surface area contributed by atoms with Gasteiger partial charge in [-0.05, 0) is 23.3 Å². The molecule has 4 rings (SSSR count). The number of carbonyl (C=O) groups is 1. The van der Waals surface area contributed by atoms with Crippen molar-refractivity contribution >= 4 is 5.91 Å². The van der Waals surface area contributed by atoms with Crippen LogP contribution in [0, 0.1) is 0 Å². The van der Waals surface area contributed by atoms with E-state index in [0.717, 1.165) is 37.4 Å². The smallest absolute Gasteiger partial charge is 0.274 e. The molecule has 0 bridgehead atoms. The number of aromatic nitrogens is 2. The van der Waals surface area contributed by atoms with Gasteiger partial charge in [0.15, 0.2) is 5.69 Å². The van der Waals surface area contributed by atoms with Crippen LogP contribution in [0.3, 0.4) is 0 Å². The summed E-state index contributed by atoms with van der Waals surface area (Å²) in [7, 11) is 5.24. The van der Waals surface area contributed by atoms with E-state index >= 15 is 0 Å². The van der Waals surface area contributed by atoms with E-state index in [2.05, 4.69) is 29.2 Å². The molecule has 0 atom stereocenters. The van der Waals surface area contributed by atoms with Gasteiger partial charge in [0.25, 0.3) is 5.91 Å². The number of hydrogen-bond acceptors (Lipinski definition) is 4. The maximum absolute atomic E-state index is 12.8. The Balaban J connectivity index is 1.59. The molecule has 30 heavy (non-hydrogen) atoms. The van der Waals surface area contributed by atoms with E-state index in [9.17, 15) is 4.79 Å². The monoisotopic (exact) mass is 404 g/mol. The van der Waals surface area contributed by atoms with Gasteiger partial charge >= 0.3 is 0 Å². The van der Waals surface area contributed by atoms with Gasteiger partial charge < -0.3 is 9.64 Å². The molecule has 0 aliphatic carbocycles. The van der Waals surface area contributed by atoms with Crippen LogP contribution < -0.4 is 4.74 Å². The summed E-state index contributed by atoms with van der Waals surface area (Å²) >= 11 is 0. The predicted octanol–water partition coefficient (Wildman–Crippen LogP) is 3.20. The fraction of sp³-hybridized carbons (Fsp3) is 0.333. The highest BCUT2D eigenvalue weighted by Gasteiger charge is 2.28. The van der Waals surface area contributed by atoms with Crippen LogP contribution in [0.15, 0.2) is 54.6 Å². The third kappa shape index (κ3) is 4.24. The van der Waals surface area contributed by atoms with Gasteiger partial charge in [0.2, 0.25) is 0 Å². The number of fused-ring (bicyclic) bond motifs is 1. The zero-order valence-corrected chi connectivity index (χ0v) is 17.8. The van der Waals surface area contributed by atoms with E-state index < -0.39 is 0 Å². The van der Waals surface area contributed by atoms with Crippen LogP contribution in [-0.4, -0.2) is 53.2 Å². The standard InChI is InChI=1S/C24H28N4O2/c1-26(2)24(29)23-21-17-27(15-19-9-11-20(30-3)12-10-19)14-13-22(21)28(25-23)16-18-7-5-4-6-8-18/h4-12H,13-17H2,1-3H3. The first-order valence-electron chi connectivity index (χ1n) is 10.2. The highest BCUT2D eigenvalue weighted by atomic mass is 16.5. The number of ether oxygens (including phenoxy) is 1. The molecule has 0 saturated heterocycles. The van der Waals surface area contributed by atoms with E-state index in [1.54, 1.807) is 26.1 Å². The third-order valence-corrected chi connectivity index (χ3v) is 5.56. The molecule has 1 amide bonds. The lowest BCUT2D eigenvalue weighted by Gasteiger charge is -2.28. The first kappa shape index (κ1) is 20.2. The van der Waals surface area contributed by atoms with Crippen LogP contribution in [0.1, 0.15) is 32.9 Å². The molecule has 6 heteroatoms. The molecule has 1 aromatic heterocycles. The van der Waals surface area contributed by atoms with Gasteiger partial charge in [-0.2, -0.15) is 5.10 Å². The highest BCUT2D eigenvalue weighted by molar-refractivity contribution is 5.93. The Morgan fingerprint density at radius 2 is 1.73 bits per heavy atom. The van der Waals surface area contributed by atoms with E-state index in [-0.39, 0.29) is 5.91 Å².